The minimum absolute atomic E-state index is 0.768. The molecular weight excluding hydrogens is 286 g/mol. The van der Waals surface area contributed by atoms with Crippen LogP contribution in [0.15, 0.2) is 17.9 Å². The Bertz CT molecular complexity index is 756. The molecule has 3 aromatic heterocycles. The summed E-state index contributed by atoms with van der Waals surface area (Å²) >= 11 is 1.67. The number of rotatable bonds is 4. The van der Waals surface area contributed by atoms with Gasteiger partial charge in [0.1, 0.15) is 6.33 Å². The summed E-state index contributed by atoms with van der Waals surface area (Å²) in [7, 11) is 0. The molecule has 3 aromatic rings. The molecule has 8 heteroatoms. The summed E-state index contributed by atoms with van der Waals surface area (Å²) in [6.45, 7) is 6.51. The minimum atomic E-state index is 0.768. The summed E-state index contributed by atoms with van der Waals surface area (Å²) < 4.78 is 4.29. The zero-order valence-electron chi connectivity index (χ0n) is 11.9. The molecule has 4 rings (SSSR count). The van der Waals surface area contributed by atoms with E-state index in [1.54, 1.807) is 17.7 Å². The highest BCUT2D eigenvalue weighted by atomic mass is 32.1. The normalized spacial score (nSPS) is 14.8. The van der Waals surface area contributed by atoms with Crippen molar-refractivity contribution in [3.8, 4) is 0 Å². The number of nitrogens with one attached hydrogen (secondary N) is 1. The van der Waals surface area contributed by atoms with E-state index in [0.29, 0.717) is 0 Å². The Hall–Kier alpha value is -1.93. The first-order chi connectivity index (χ1) is 10.4. The smallest absolute Gasteiger partial charge is 0.195 e. The Balaban J connectivity index is 1.71. The maximum Gasteiger partial charge on any atom is 0.195 e. The summed E-state index contributed by atoms with van der Waals surface area (Å²) in [5, 5.41) is 13.7. The molecule has 1 aliphatic heterocycles. The minimum Gasteiger partial charge on any atom is -0.346 e. The van der Waals surface area contributed by atoms with Gasteiger partial charge in [0.05, 0.1) is 12.2 Å². The molecule has 0 aliphatic carbocycles. The summed E-state index contributed by atoms with van der Waals surface area (Å²) in [4.78, 5) is 8.16. The molecule has 0 amide bonds. The molecule has 0 fully saturated rings. The van der Waals surface area contributed by atoms with Crippen molar-refractivity contribution in [1.29, 1.82) is 0 Å². The first-order valence-corrected chi connectivity index (χ1v) is 8.01. The number of hydrogen-bond acceptors (Lipinski definition) is 6. The van der Waals surface area contributed by atoms with Gasteiger partial charge in [-0.1, -0.05) is 6.92 Å². The Labute approximate surface area is 126 Å². The molecule has 4 heterocycles. The van der Waals surface area contributed by atoms with Gasteiger partial charge in [0, 0.05) is 31.2 Å². The quantitative estimate of drug-likeness (QED) is 0.782. The van der Waals surface area contributed by atoms with E-state index in [0.717, 1.165) is 49.3 Å². The van der Waals surface area contributed by atoms with Gasteiger partial charge in [-0.2, -0.15) is 0 Å². The Morgan fingerprint density at radius 1 is 1.38 bits per heavy atom. The van der Waals surface area contributed by atoms with Crippen molar-refractivity contribution in [2.75, 3.05) is 18.0 Å². The number of hydrogen-bond donors (Lipinski definition) is 1. The third-order valence-corrected chi connectivity index (χ3v) is 4.58. The lowest BCUT2D eigenvalue weighted by atomic mass is 10.3. The second-order valence-corrected chi connectivity index (χ2v) is 5.95. The molecule has 0 saturated carbocycles. The van der Waals surface area contributed by atoms with Gasteiger partial charge in [-0.25, -0.2) is 4.98 Å². The highest BCUT2D eigenvalue weighted by molar-refractivity contribution is 7.15. The predicted molar refractivity (Wildman–Crippen MR) is 81.5 cm³/mol. The van der Waals surface area contributed by atoms with Crippen LogP contribution in [0.2, 0.25) is 0 Å². The molecule has 0 radical (unpaired) electrons. The van der Waals surface area contributed by atoms with Crippen LogP contribution in [0.25, 0.3) is 4.96 Å². The third-order valence-electron chi connectivity index (χ3n) is 3.82. The second-order valence-electron chi connectivity index (χ2n) is 5.08. The molecule has 1 aliphatic rings. The number of anilines is 1. The van der Waals surface area contributed by atoms with Gasteiger partial charge in [0.25, 0.3) is 0 Å². The topological polar surface area (TPSA) is 63.3 Å². The lowest BCUT2D eigenvalue weighted by molar-refractivity contribution is 0.554. The molecule has 0 bridgehead atoms. The number of aromatic nitrogens is 5. The van der Waals surface area contributed by atoms with E-state index in [2.05, 4.69) is 47.9 Å². The van der Waals surface area contributed by atoms with Crippen LogP contribution in [-0.2, 0) is 19.6 Å². The van der Waals surface area contributed by atoms with Gasteiger partial charge < -0.3 is 14.8 Å². The van der Waals surface area contributed by atoms with E-state index in [1.807, 2.05) is 0 Å². The van der Waals surface area contributed by atoms with Crippen LogP contribution < -0.4 is 10.2 Å². The highest BCUT2D eigenvalue weighted by Crippen LogP contribution is 2.27. The van der Waals surface area contributed by atoms with Gasteiger partial charge in [0.15, 0.2) is 16.6 Å². The number of imidazole rings is 1. The lowest BCUT2D eigenvalue weighted by Gasteiger charge is -2.28. The Morgan fingerprint density at radius 2 is 2.33 bits per heavy atom. The van der Waals surface area contributed by atoms with E-state index >= 15 is 0 Å². The number of fused-ring (bicyclic) bond motifs is 2. The predicted octanol–water partition coefficient (Wildman–Crippen LogP) is 1.12. The van der Waals surface area contributed by atoms with Gasteiger partial charge in [-0.3, -0.25) is 4.40 Å². The van der Waals surface area contributed by atoms with Gasteiger partial charge >= 0.3 is 0 Å². The van der Waals surface area contributed by atoms with Gasteiger partial charge in [-0.05, 0) is 6.54 Å². The maximum absolute atomic E-state index is 4.82. The van der Waals surface area contributed by atoms with Crippen molar-refractivity contribution in [2.45, 2.75) is 26.6 Å². The standard InChI is InChI=1S/C13H17N7S/c1-2-14-7-10-12(16-13-20(10)5-6-21-13)18-3-4-19-9-15-17-11(19)8-18/h5-6,9,14H,2-4,7-8H2,1H3. The average molecular weight is 303 g/mol. The van der Waals surface area contributed by atoms with Crippen LogP contribution in [0, 0.1) is 0 Å². The van der Waals surface area contributed by atoms with Crippen LogP contribution >= 0.6 is 11.3 Å². The molecule has 0 unspecified atom stereocenters. The van der Waals surface area contributed by atoms with Crippen molar-refractivity contribution >= 4 is 22.1 Å². The van der Waals surface area contributed by atoms with Gasteiger partial charge in [0.2, 0.25) is 0 Å². The molecular formula is C13H17N7S. The third kappa shape index (κ3) is 2.11. The fraction of sp³-hybridized carbons (Fsp3) is 0.462. The molecule has 21 heavy (non-hydrogen) atoms. The summed E-state index contributed by atoms with van der Waals surface area (Å²) in [5.74, 6) is 2.07. The van der Waals surface area contributed by atoms with Crippen molar-refractivity contribution in [2.24, 2.45) is 0 Å². The molecule has 0 aromatic carbocycles. The lowest BCUT2D eigenvalue weighted by Crippen LogP contribution is -2.34. The van der Waals surface area contributed by atoms with E-state index in [4.69, 9.17) is 4.98 Å². The van der Waals surface area contributed by atoms with Gasteiger partial charge in [-0.15, -0.1) is 21.5 Å². The average Bonchev–Trinajstić information content (AvgIpc) is 3.19. The van der Waals surface area contributed by atoms with E-state index in [1.165, 1.54) is 5.69 Å². The molecule has 7 nitrogen and oxygen atoms in total. The monoisotopic (exact) mass is 303 g/mol. The van der Waals surface area contributed by atoms with E-state index in [9.17, 15) is 0 Å². The highest BCUT2D eigenvalue weighted by Gasteiger charge is 2.23. The summed E-state index contributed by atoms with van der Waals surface area (Å²) in [6.07, 6.45) is 3.90. The van der Waals surface area contributed by atoms with E-state index < -0.39 is 0 Å². The van der Waals surface area contributed by atoms with Crippen LogP contribution in [0.1, 0.15) is 18.4 Å². The van der Waals surface area contributed by atoms with Crippen LogP contribution in [0.5, 0.6) is 0 Å². The Morgan fingerprint density at radius 3 is 3.24 bits per heavy atom. The summed E-state index contributed by atoms with van der Waals surface area (Å²) in [6, 6.07) is 0. The summed E-state index contributed by atoms with van der Waals surface area (Å²) in [5.41, 5.74) is 1.22. The fourth-order valence-electron chi connectivity index (χ4n) is 2.73. The Kier molecular flexibility index (Phi) is 3.12. The van der Waals surface area contributed by atoms with Crippen molar-refractivity contribution in [1.82, 2.24) is 29.5 Å². The first-order valence-electron chi connectivity index (χ1n) is 7.13. The van der Waals surface area contributed by atoms with Crippen LogP contribution in [0.4, 0.5) is 5.82 Å². The molecule has 110 valence electrons. The zero-order chi connectivity index (χ0) is 14.2. The van der Waals surface area contributed by atoms with Crippen LogP contribution in [-0.4, -0.2) is 37.2 Å². The SMILES string of the molecule is CCNCc1c(N2CCn3cnnc3C2)nc2sccn12. The van der Waals surface area contributed by atoms with E-state index in [-0.39, 0.29) is 0 Å². The molecule has 1 N–H and O–H groups in total. The molecule has 0 saturated heterocycles. The number of nitrogens with zero attached hydrogens (tertiary/aromatic N) is 6. The van der Waals surface area contributed by atoms with Crippen molar-refractivity contribution in [3.05, 3.63) is 29.4 Å². The molecule has 0 atom stereocenters. The molecule has 0 spiro atoms. The van der Waals surface area contributed by atoms with Crippen molar-refractivity contribution < 1.29 is 0 Å². The first kappa shape index (κ1) is 12.8. The fourth-order valence-corrected chi connectivity index (χ4v) is 3.46. The largest absolute Gasteiger partial charge is 0.346 e. The number of thiazole rings is 1. The second kappa shape index (κ2) is 5.12. The zero-order valence-corrected chi connectivity index (χ0v) is 12.7. The van der Waals surface area contributed by atoms with Crippen LogP contribution in [0.3, 0.4) is 0 Å². The maximum atomic E-state index is 4.82. The van der Waals surface area contributed by atoms with Crippen molar-refractivity contribution in [3.63, 3.8) is 0 Å².